The van der Waals surface area contributed by atoms with Gasteiger partial charge < -0.3 is 14.8 Å². The van der Waals surface area contributed by atoms with Gasteiger partial charge in [-0.05, 0) is 18.1 Å². The molecule has 1 atom stereocenters. The molecule has 8 heteroatoms. The minimum absolute atomic E-state index is 0. The van der Waals surface area contributed by atoms with E-state index in [0.717, 1.165) is 5.56 Å². The maximum absolute atomic E-state index is 13.0. The van der Waals surface area contributed by atoms with E-state index in [0.29, 0.717) is 24.5 Å². The number of carbonyl (C=O) groups excluding carboxylic acids is 1. The highest BCUT2D eigenvalue weighted by Gasteiger charge is 2.42. The average Bonchev–Trinajstić information content (AvgIpc) is 2.87. The highest BCUT2D eigenvalue weighted by Crippen LogP contribution is 2.26. The highest BCUT2D eigenvalue weighted by atomic mass is 35.5. The molecule has 1 saturated heterocycles. The first-order chi connectivity index (χ1) is 10.4. The summed E-state index contributed by atoms with van der Waals surface area (Å²) in [7, 11) is 3.13. The summed E-state index contributed by atoms with van der Waals surface area (Å²) in [5.74, 6) is -1.85. The number of ether oxygens (including phenoxy) is 2. The number of alkyl halides is 2. The molecule has 1 heterocycles. The van der Waals surface area contributed by atoms with Gasteiger partial charge in [0.2, 0.25) is 5.91 Å². The third kappa shape index (κ3) is 5.21. The van der Waals surface area contributed by atoms with Gasteiger partial charge in [-0.3, -0.25) is 10.1 Å². The molecule has 0 aliphatic carbocycles. The van der Waals surface area contributed by atoms with E-state index in [2.05, 4.69) is 10.6 Å². The molecule has 0 bridgehead atoms. The monoisotopic (exact) mass is 350 g/mol. The number of amides is 1. The Balaban J connectivity index is 0.00000264. The van der Waals surface area contributed by atoms with Gasteiger partial charge in [-0.2, -0.15) is 0 Å². The lowest BCUT2D eigenvalue weighted by Crippen LogP contribution is -2.41. The Hall–Kier alpha value is -1.60. The minimum atomic E-state index is -2.80. The van der Waals surface area contributed by atoms with E-state index in [1.54, 1.807) is 26.4 Å². The number of carbonyl (C=O) groups is 1. The zero-order valence-corrected chi connectivity index (χ0v) is 13.8. The molecule has 0 radical (unpaired) electrons. The van der Waals surface area contributed by atoms with Crippen LogP contribution in [0.25, 0.3) is 0 Å². The molecule has 2 N–H and O–H groups in total. The predicted molar refractivity (Wildman–Crippen MR) is 84.9 cm³/mol. The molecule has 5 nitrogen and oxygen atoms in total. The van der Waals surface area contributed by atoms with Crippen LogP contribution in [0.2, 0.25) is 0 Å². The molecule has 1 amide bonds. The lowest BCUT2D eigenvalue weighted by Gasteiger charge is -2.13. The van der Waals surface area contributed by atoms with Crippen LogP contribution in [0.1, 0.15) is 12.0 Å². The van der Waals surface area contributed by atoms with Crippen LogP contribution >= 0.6 is 12.4 Å². The summed E-state index contributed by atoms with van der Waals surface area (Å²) in [6.07, 6.45) is 0.0900. The fourth-order valence-corrected chi connectivity index (χ4v) is 2.40. The van der Waals surface area contributed by atoms with Crippen molar-refractivity contribution in [2.24, 2.45) is 0 Å². The zero-order chi connectivity index (χ0) is 16.2. The zero-order valence-electron chi connectivity index (χ0n) is 13.0. The lowest BCUT2D eigenvalue weighted by molar-refractivity contribution is -0.123. The Morgan fingerprint density at radius 2 is 2.13 bits per heavy atom. The van der Waals surface area contributed by atoms with Crippen LogP contribution in [0.4, 0.5) is 8.78 Å². The van der Waals surface area contributed by atoms with E-state index in [4.69, 9.17) is 9.47 Å². The number of halogens is 3. The molecule has 1 aromatic carbocycles. The first-order valence-corrected chi connectivity index (χ1v) is 7.05. The summed E-state index contributed by atoms with van der Waals surface area (Å²) in [5.41, 5.74) is 0.910. The first kappa shape index (κ1) is 19.4. The molecule has 0 saturated carbocycles. The molecule has 1 aromatic rings. The summed E-state index contributed by atoms with van der Waals surface area (Å²) in [6, 6.07) is 4.59. The van der Waals surface area contributed by atoms with E-state index in [1.165, 1.54) is 0 Å². The third-order valence-electron chi connectivity index (χ3n) is 3.61. The van der Waals surface area contributed by atoms with Crippen molar-refractivity contribution < 1.29 is 23.0 Å². The van der Waals surface area contributed by atoms with Gasteiger partial charge >= 0.3 is 0 Å². The van der Waals surface area contributed by atoms with Gasteiger partial charge in [0.25, 0.3) is 5.92 Å². The summed E-state index contributed by atoms with van der Waals surface area (Å²) in [6.45, 7) is -0.0946. The molecule has 0 spiro atoms. The van der Waals surface area contributed by atoms with Crippen LogP contribution in [-0.2, 0) is 11.2 Å². The van der Waals surface area contributed by atoms with E-state index < -0.39 is 30.8 Å². The second kappa shape index (κ2) is 8.31. The molecule has 1 fully saturated rings. The minimum Gasteiger partial charge on any atom is -0.497 e. The van der Waals surface area contributed by atoms with Crippen LogP contribution in [0.3, 0.4) is 0 Å². The van der Waals surface area contributed by atoms with Gasteiger partial charge in [0.15, 0.2) is 0 Å². The van der Waals surface area contributed by atoms with Crippen molar-refractivity contribution in [1.29, 1.82) is 0 Å². The van der Waals surface area contributed by atoms with Gasteiger partial charge in [-0.15, -0.1) is 12.4 Å². The number of hydrogen-bond donors (Lipinski definition) is 2. The number of rotatable bonds is 6. The molecular weight excluding hydrogens is 330 g/mol. The summed E-state index contributed by atoms with van der Waals surface area (Å²) < 4.78 is 36.5. The largest absolute Gasteiger partial charge is 0.497 e. The Morgan fingerprint density at radius 1 is 1.39 bits per heavy atom. The lowest BCUT2D eigenvalue weighted by atomic mass is 10.1. The van der Waals surface area contributed by atoms with Crippen molar-refractivity contribution in [3.63, 3.8) is 0 Å². The number of hydrogen-bond acceptors (Lipinski definition) is 4. The van der Waals surface area contributed by atoms with Crippen molar-refractivity contribution >= 4 is 18.3 Å². The Labute approximate surface area is 140 Å². The van der Waals surface area contributed by atoms with Gasteiger partial charge in [-0.1, -0.05) is 6.07 Å². The molecule has 1 aliphatic heterocycles. The maximum Gasteiger partial charge on any atom is 0.262 e. The molecule has 130 valence electrons. The Kier molecular flexibility index (Phi) is 7.02. The van der Waals surface area contributed by atoms with E-state index in [9.17, 15) is 13.6 Å². The Morgan fingerprint density at radius 3 is 2.70 bits per heavy atom. The quantitative estimate of drug-likeness (QED) is 0.821. The second-order valence-electron chi connectivity index (χ2n) is 5.21. The van der Waals surface area contributed by atoms with Crippen LogP contribution in [0, 0.1) is 0 Å². The SMILES string of the molecule is COc1ccc(CCNC(=O)C2CC(F)(F)CN2)c(OC)c1.Cl. The van der Waals surface area contributed by atoms with Crippen molar-refractivity contribution in [1.82, 2.24) is 10.6 Å². The van der Waals surface area contributed by atoms with Gasteiger partial charge in [0.1, 0.15) is 11.5 Å². The fraction of sp³-hybridized carbons (Fsp3) is 0.533. The van der Waals surface area contributed by atoms with Gasteiger partial charge in [-0.25, -0.2) is 8.78 Å². The first-order valence-electron chi connectivity index (χ1n) is 7.05. The number of nitrogens with one attached hydrogen (secondary N) is 2. The van der Waals surface area contributed by atoms with Crippen LogP contribution < -0.4 is 20.1 Å². The van der Waals surface area contributed by atoms with Crippen LogP contribution in [0.5, 0.6) is 11.5 Å². The van der Waals surface area contributed by atoms with Gasteiger partial charge in [0, 0.05) is 19.0 Å². The smallest absolute Gasteiger partial charge is 0.262 e. The van der Waals surface area contributed by atoms with Crippen molar-refractivity contribution in [2.75, 3.05) is 27.3 Å². The summed E-state index contributed by atoms with van der Waals surface area (Å²) >= 11 is 0. The van der Waals surface area contributed by atoms with E-state index in [1.807, 2.05) is 6.07 Å². The van der Waals surface area contributed by atoms with Crippen molar-refractivity contribution in [3.8, 4) is 11.5 Å². The second-order valence-corrected chi connectivity index (χ2v) is 5.21. The topological polar surface area (TPSA) is 59.6 Å². The van der Waals surface area contributed by atoms with Crippen molar-refractivity contribution in [3.05, 3.63) is 23.8 Å². The Bertz CT molecular complexity index is 543. The number of benzene rings is 1. The molecule has 0 aromatic heterocycles. The molecule has 1 aliphatic rings. The summed E-state index contributed by atoms with van der Waals surface area (Å²) in [5, 5.41) is 5.20. The molecule has 1 unspecified atom stereocenters. The van der Waals surface area contributed by atoms with Crippen LogP contribution in [-0.4, -0.2) is 45.2 Å². The highest BCUT2D eigenvalue weighted by molar-refractivity contribution is 5.85. The van der Waals surface area contributed by atoms with Crippen LogP contribution in [0.15, 0.2) is 18.2 Å². The summed E-state index contributed by atoms with van der Waals surface area (Å²) in [4.78, 5) is 11.8. The fourth-order valence-electron chi connectivity index (χ4n) is 2.40. The van der Waals surface area contributed by atoms with Gasteiger partial charge in [0.05, 0.1) is 26.8 Å². The maximum atomic E-state index is 13.0. The number of methoxy groups -OCH3 is 2. The van der Waals surface area contributed by atoms with Crippen molar-refractivity contribution in [2.45, 2.75) is 24.8 Å². The molecule has 2 rings (SSSR count). The van der Waals surface area contributed by atoms with E-state index >= 15 is 0 Å². The third-order valence-corrected chi connectivity index (χ3v) is 3.61. The molecule has 23 heavy (non-hydrogen) atoms. The standard InChI is InChI=1S/C15H20F2N2O3.ClH/c1-21-11-4-3-10(13(7-11)22-2)5-6-18-14(20)12-8-15(16,17)9-19-12;/h3-4,7,12,19H,5-6,8-9H2,1-2H3,(H,18,20);1H. The molecular formula is C15H21ClF2N2O3. The van der Waals surface area contributed by atoms with E-state index in [-0.39, 0.29) is 12.4 Å². The normalized spacial score (nSPS) is 18.9. The average molecular weight is 351 g/mol. The predicted octanol–water partition coefficient (Wildman–Crippen LogP) is 1.78.